The van der Waals surface area contributed by atoms with E-state index in [4.69, 9.17) is 0 Å². The molecule has 1 fully saturated rings. The SMILES string of the molecule is CCN(CC)S(=O)(=O)c1ccc(CNC(=O)NC2CCN(C)CC2)cc1. The molecule has 1 saturated heterocycles. The Morgan fingerprint density at radius 1 is 1.15 bits per heavy atom. The first-order chi connectivity index (χ1) is 12.4. The van der Waals surface area contributed by atoms with Crippen molar-refractivity contribution in [3.63, 3.8) is 0 Å². The van der Waals surface area contributed by atoms with Crippen LogP contribution in [0.1, 0.15) is 32.3 Å². The van der Waals surface area contributed by atoms with Gasteiger partial charge in [0.15, 0.2) is 0 Å². The van der Waals surface area contributed by atoms with E-state index in [9.17, 15) is 13.2 Å². The Labute approximate surface area is 156 Å². The molecule has 1 aromatic rings. The first-order valence-corrected chi connectivity index (χ1v) is 10.6. The van der Waals surface area contributed by atoms with Crippen LogP contribution in [0.5, 0.6) is 0 Å². The molecule has 0 atom stereocenters. The number of sulfonamides is 1. The van der Waals surface area contributed by atoms with Crippen LogP contribution in [-0.4, -0.2) is 62.9 Å². The van der Waals surface area contributed by atoms with Crippen LogP contribution >= 0.6 is 0 Å². The molecular formula is C18H30N4O3S. The molecule has 0 spiro atoms. The monoisotopic (exact) mass is 382 g/mol. The number of amides is 2. The van der Waals surface area contributed by atoms with Gasteiger partial charge < -0.3 is 15.5 Å². The number of nitrogens with zero attached hydrogens (tertiary/aromatic N) is 2. The van der Waals surface area contributed by atoms with Gasteiger partial charge in [-0.05, 0) is 50.7 Å². The third kappa shape index (κ3) is 5.43. The molecular weight excluding hydrogens is 352 g/mol. The third-order valence-corrected chi connectivity index (χ3v) is 6.84. The lowest BCUT2D eigenvalue weighted by molar-refractivity contribution is 0.213. The molecule has 0 saturated carbocycles. The average Bonchev–Trinajstić information content (AvgIpc) is 2.63. The van der Waals surface area contributed by atoms with Crippen molar-refractivity contribution in [2.75, 3.05) is 33.2 Å². The summed E-state index contributed by atoms with van der Waals surface area (Å²) in [5, 5.41) is 5.83. The van der Waals surface area contributed by atoms with Crippen LogP contribution in [0, 0.1) is 0 Å². The first kappa shape index (κ1) is 20.7. The molecule has 0 bridgehead atoms. The molecule has 2 N–H and O–H groups in total. The molecule has 26 heavy (non-hydrogen) atoms. The van der Waals surface area contributed by atoms with E-state index in [1.54, 1.807) is 24.3 Å². The number of carbonyl (C=O) groups excluding carboxylic acids is 1. The fourth-order valence-corrected chi connectivity index (χ4v) is 4.52. The molecule has 0 radical (unpaired) electrons. The van der Waals surface area contributed by atoms with Crippen molar-refractivity contribution >= 4 is 16.1 Å². The van der Waals surface area contributed by atoms with E-state index in [1.807, 2.05) is 13.8 Å². The second-order valence-corrected chi connectivity index (χ2v) is 8.58. The number of hydrogen-bond acceptors (Lipinski definition) is 4. The van der Waals surface area contributed by atoms with Crippen LogP contribution in [0.3, 0.4) is 0 Å². The maximum atomic E-state index is 12.5. The summed E-state index contributed by atoms with van der Waals surface area (Å²) in [5.74, 6) is 0. The molecule has 1 aromatic carbocycles. The Bertz CT molecular complexity index is 679. The summed E-state index contributed by atoms with van der Waals surface area (Å²) in [6.07, 6.45) is 1.92. The van der Waals surface area contributed by atoms with E-state index in [2.05, 4.69) is 22.6 Å². The Kier molecular flexibility index (Phi) is 7.43. The van der Waals surface area contributed by atoms with E-state index in [0.29, 0.717) is 19.6 Å². The van der Waals surface area contributed by atoms with Crippen molar-refractivity contribution in [2.24, 2.45) is 0 Å². The van der Waals surface area contributed by atoms with Crippen LogP contribution in [0.2, 0.25) is 0 Å². The van der Waals surface area contributed by atoms with Gasteiger partial charge in [0.1, 0.15) is 0 Å². The van der Waals surface area contributed by atoms with Crippen LogP contribution in [0.4, 0.5) is 4.79 Å². The van der Waals surface area contributed by atoms with Gasteiger partial charge in [-0.25, -0.2) is 13.2 Å². The van der Waals surface area contributed by atoms with Crippen molar-refractivity contribution < 1.29 is 13.2 Å². The summed E-state index contributed by atoms with van der Waals surface area (Å²) in [4.78, 5) is 14.6. The van der Waals surface area contributed by atoms with Gasteiger partial charge in [0.25, 0.3) is 0 Å². The van der Waals surface area contributed by atoms with Crippen molar-refractivity contribution in [1.29, 1.82) is 0 Å². The standard InChI is InChI=1S/C18H30N4O3S/c1-4-22(5-2)26(24,25)17-8-6-15(7-9-17)14-19-18(23)20-16-10-12-21(3)13-11-16/h6-9,16H,4-5,10-14H2,1-3H3,(H2,19,20,23). The minimum atomic E-state index is -3.44. The largest absolute Gasteiger partial charge is 0.335 e. The van der Waals surface area contributed by atoms with E-state index >= 15 is 0 Å². The topological polar surface area (TPSA) is 81.8 Å². The predicted molar refractivity (Wildman–Crippen MR) is 102 cm³/mol. The molecule has 0 unspecified atom stereocenters. The quantitative estimate of drug-likeness (QED) is 0.751. The summed E-state index contributed by atoms with van der Waals surface area (Å²) >= 11 is 0. The fourth-order valence-electron chi connectivity index (χ4n) is 3.06. The van der Waals surface area contributed by atoms with Gasteiger partial charge in [-0.1, -0.05) is 26.0 Å². The summed E-state index contributed by atoms with van der Waals surface area (Å²) in [6, 6.07) is 6.71. The highest BCUT2D eigenvalue weighted by Gasteiger charge is 2.21. The van der Waals surface area contributed by atoms with Crippen LogP contribution in [0.25, 0.3) is 0 Å². The number of benzene rings is 1. The number of rotatable bonds is 7. The van der Waals surface area contributed by atoms with Gasteiger partial charge in [0.05, 0.1) is 4.90 Å². The Hall–Kier alpha value is -1.64. The van der Waals surface area contributed by atoms with Crippen molar-refractivity contribution in [3.05, 3.63) is 29.8 Å². The van der Waals surface area contributed by atoms with Crippen LogP contribution in [-0.2, 0) is 16.6 Å². The Morgan fingerprint density at radius 3 is 2.27 bits per heavy atom. The third-order valence-electron chi connectivity index (χ3n) is 4.77. The van der Waals surface area contributed by atoms with Gasteiger partial charge >= 0.3 is 6.03 Å². The number of hydrogen-bond donors (Lipinski definition) is 2. The maximum absolute atomic E-state index is 12.5. The van der Waals surface area contributed by atoms with Gasteiger partial charge in [-0.15, -0.1) is 0 Å². The van der Waals surface area contributed by atoms with Gasteiger partial charge in [-0.3, -0.25) is 0 Å². The van der Waals surface area contributed by atoms with Crippen molar-refractivity contribution in [3.8, 4) is 0 Å². The number of nitrogens with one attached hydrogen (secondary N) is 2. The molecule has 2 rings (SSSR count). The molecule has 1 heterocycles. The smallest absolute Gasteiger partial charge is 0.315 e. The minimum Gasteiger partial charge on any atom is -0.335 e. The molecule has 0 aromatic heterocycles. The molecule has 0 aliphatic carbocycles. The molecule has 7 nitrogen and oxygen atoms in total. The number of urea groups is 1. The minimum absolute atomic E-state index is 0.181. The first-order valence-electron chi connectivity index (χ1n) is 9.18. The predicted octanol–water partition coefficient (Wildman–Crippen LogP) is 1.61. The Balaban J connectivity index is 1.86. The zero-order valence-corrected chi connectivity index (χ0v) is 16.7. The second-order valence-electron chi connectivity index (χ2n) is 6.64. The van der Waals surface area contributed by atoms with Crippen LogP contribution < -0.4 is 10.6 Å². The number of carbonyl (C=O) groups is 1. The average molecular weight is 383 g/mol. The van der Waals surface area contributed by atoms with Crippen LogP contribution in [0.15, 0.2) is 29.2 Å². The zero-order chi connectivity index (χ0) is 19.2. The molecule has 1 aliphatic heterocycles. The highest BCUT2D eigenvalue weighted by molar-refractivity contribution is 7.89. The van der Waals surface area contributed by atoms with E-state index < -0.39 is 10.0 Å². The molecule has 1 aliphatic rings. The summed E-state index contributed by atoms with van der Waals surface area (Å²) in [7, 11) is -1.36. The molecule has 8 heteroatoms. The number of likely N-dealkylation sites (tertiary alicyclic amines) is 1. The lowest BCUT2D eigenvalue weighted by atomic mass is 10.1. The van der Waals surface area contributed by atoms with Gasteiger partial charge in [-0.2, -0.15) is 4.31 Å². The molecule has 146 valence electrons. The lowest BCUT2D eigenvalue weighted by Crippen LogP contribution is -2.46. The highest BCUT2D eigenvalue weighted by atomic mass is 32.2. The maximum Gasteiger partial charge on any atom is 0.315 e. The normalized spacial score (nSPS) is 16.6. The van der Waals surface area contributed by atoms with Gasteiger partial charge in [0.2, 0.25) is 10.0 Å². The number of piperidine rings is 1. The summed E-state index contributed by atoms with van der Waals surface area (Å²) in [6.45, 7) is 6.88. The van der Waals surface area contributed by atoms with E-state index in [1.165, 1.54) is 4.31 Å². The van der Waals surface area contributed by atoms with Crippen molar-refractivity contribution in [2.45, 2.75) is 44.2 Å². The Morgan fingerprint density at radius 2 is 1.73 bits per heavy atom. The van der Waals surface area contributed by atoms with E-state index in [0.717, 1.165) is 31.5 Å². The lowest BCUT2D eigenvalue weighted by Gasteiger charge is -2.29. The summed E-state index contributed by atoms with van der Waals surface area (Å²) in [5.41, 5.74) is 0.863. The highest BCUT2D eigenvalue weighted by Crippen LogP contribution is 2.16. The molecule has 2 amide bonds. The van der Waals surface area contributed by atoms with Gasteiger partial charge in [0, 0.05) is 25.7 Å². The summed E-state index contributed by atoms with van der Waals surface area (Å²) < 4.78 is 26.3. The fraction of sp³-hybridized carbons (Fsp3) is 0.611. The van der Waals surface area contributed by atoms with Crippen molar-refractivity contribution in [1.82, 2.24) is 19.8 Å². The zero-order valence-electron chi connectivity index (χ0n) is 15.9. The van der Waals surface area contributed by atoms with E-state index in [-0.39, 0.29) is 17.0 Å². The second kappa shape index (κ2) is 9.34.